The molecular formula is C21H24N2O4S. The molecule has 148 valence electrons. The average Bonchev–Trinajstić information content (AvgIpc) is 2.70. The molecule has 6 nitrogen and oxygen atoms in total. The second-order valence-electron chi connectivity index (χ2n) is 7.33. The van der Waals surface area contributed by atoms with Gasteiger partial charge in [-0.2, -0.15) is 4.31 Å². The van der Waals surface area contributed by atoms with Gasteiger partial charge in [-0.1, -0.05) is 54.6 Å². The lowest BCUT2D eigenvalue weighted by Gasteiger charge is -2.58. The van der Waals surface area contributed by atoms with E-state index in [1.807, 2.05) is 54.6 Å². The first-order valence-corrected chi connectivity index (χ1v) is 11.1. The highest BCUT2D eigenvalue weighted by Crippen LogP contribution is 2.43. The van der Waals surface area contributed by atoms with Crippen LogP contribution in [-0.2, 0) is 14.8 Å². The molecule has 2 fully saturated rings. The van der Waals surface area contributed by atoms with Crippen molar-refractivity contribution in [2.45, 2.75) is 24.9 Å². The molecule has 2 aliphatic heterocycles. The molecule has 0 aromatic heterocycles. The summed E-state index contributed by atoms with van der Waals surface area (Å²) in [5.41, 5.74) is 3.23. The largest absolute Gasteiger partial charge is 0.394 e. The Morgan fingerprint density at radius 2 is 1.68 bits per heavy atom. The van der Waals surface area contributed by atoms with Crippen LogP contribution in [-0.4, -0.2) is 66.2 Å². The normalized spacial score (nSPS) is 25.3. The maximum absolute atomic E-state index is 12.5. The zero-order chi connectivity index (χ0) is 19.9. The number of benzene rings is 2. The first-order valence-electron chi connectivity index (χ1n) is 9.51. The molecule has 3 atom stereocenters. The van der Waals surface area contributed by atoms with E-state index >= 15 is 0 Å². The topological polar surface area (TPSA) is 77.9 Å². The minimum absolute atomic E-state index is 0.0210. The zero-order valence-electron chi connectivity index (χ0n) is 15.7. The second kappa shape index (κ2) is 7.31. The Morgan fingerprint density at radius 1 is 1.04 bits per heavy atom. The van der Waals surface area contributed by atoms with Gasteiger partial charge in [-0.25, -0.2) is 8.42 Å². The number of rotatable bonds is 5. The van der Waals surface area contributed by atoms with Gasteiger partial charge >= 0.3 is 0 Å². The molecule has 0 unspecified atom stereocenters. The Kier molecular flexibility index (Phi) is 4.99. The molecule has 1 N–H and O–H groups in total. The fourth-order valence-corrected chi connectivity index (χ4v) is 5.44. The summed E-state index contributed by atoms with van der Waals surface area (Å²) in [5, 5.41) is 9.85. The number of sulfonamides is 1. The number of piperazine rings is 1. The zero-order valence-corrected chi connectivity index (χ0v) is 16.5. The minimum Gasteiger partial charge on any atom is -0.394 e. The number of carbonyl (C=O) groups excluding carboxylic acids is 1. The van der Waals surface area contributed by atoms with Crippen LogP contribution >= 0.6 is 0 Å². The molecule has 2 saturated heterocycles. The van der Waals surface area contributed by atoms with Crippen molar-refractivity contribution in [2.24, 2.45) is 0 Å². The van der Waals surface area contributed by atoms with Crippen molar-refractivity contribution in [1.29, 1.82) is 0 Å². The van der Waals surface area contributed by atoms with E-state index in [9.17, 15) is 18.3 Å². The van der Waals surface area contributed by atoms with Gasteiger partial charge < -0.3 is 10.0 Å². The summed E-state index contributed by atoms with van der Waals surface area (Å²) in [4.78, 5) is 14.2. The van der Waals surface area contributed by atoms with Crippen molar-refractivity contribution in [3.63, 3.8) is 0 Å². The minimum atomic E-state index is -3.43. The van der Waals surface area contributed by atoms with Crippen LogP contribution < -0.4 is 0 Å². The molecule has 7 heteroatoms. The van der Waals surface area contributed by atoms with Crippen LogP contribution in [0.25, 0.3) is 11.1 Å². The summed E-state index contributed by atoms with van der Waals surface area (Å²) >= 11 is 0. The van der Waals surface area contributed by atoms with E-state index in [4.69, 9.17) is 0 Å². The fraction of sp³-hybridized carbons (Fsp3) is 0.381. The van der Waals surface area contributed by atoms with Crippen molar-refractivity contribution in [1.82, 2.24) is 9.21 Å². The van der Waals surface area contributed by atoms with Crippen LogP contribution in [0.1, 0.15) is 18.4 Å². The summed E-state index contributed by atoms with van der Waals surface area (Å²) in [5.74, 6) is -0.328. The highest BCUT2D eigenvalue weighted by atomic mass is 32.2. The van der Waals surface area contributed by atoms with Gasteiger partial charge in [-0.3, -0.25) is 4.79 Å². The number of aliphatic hydroxyl groups is 1. The summed E-state index contributed by atoms with van der Waals surface area (Å²) in [7, 11) is -3.43. The lowest BCUT2D eigenvalue weighted by Crippen LogP contribution is -2.73. The van der Waals surface area contributed by atoms with Gasteiger partial charge in [0.05, 0.1) is 31.0 Å². The van der Waals surface area contributed by atoms with Crippen molar-refractivity contribution < 1.29 is 18.3 Å². The lowest BCUT2D eigenvalue weighted by atomic mass is 9.74. The SMILES string of the molecule is CCS(=O)(=O)N1CC(=O)N2[C@H](CO)[C@@H](c3ccc(-c4ccccc4)cc3)[C@H]2C1. The van der Waals surface area contributed by atoms with Gasteiger partial charge in [-0.15, -0.1) is 0 Å². The van der Waals surface area contributed by atoms with Crippen LogP contribution in [0, 0.1) is 0 Å². The molecule has 4 rings (SSSR count). The Bertz CT molecular complexity index is 960. The van der Waals surface area contributed by atoms with Gasteiger partial charge in [0.2, 0.25) is 15.9 Å². The molecule has 1 amide bonds. The van der Waals surface area contributed by atoms with E-state index in [0.29, 0.717) is 0 Å². The van der Waals surface area contributed by atoms with Crippen LogP contribution in [0.2, 0.25) is 0 Å². The summed E-state index contributed by atoms with van der Waals surface area (Å²) in [6.07, 6.45) is 0. The van der Waals surface area contributed by atoms with Gasteiger partial charge in [0.1, 0.15) is 0 Å². The lowest BCUT2D eigenvalue weighted by molar-refractivity contribution is -0.158. The van der Waals surface area contributed by atoms with E-state index in [1.54, 1.807) is 11.8 Å². The molecule has 2 aliphatic rings. The van der Waals surface area contributed by atoms with E-state index in [2.05, 4.69) is 0 Å². The van der Waals surface area contributed by atoms with Crippen LogP contribution in [0.3, 0.4) is 0 Å². The molecule has 0 bridgehead atoms. The van der Waals surface area contributed by atoms with E-state index in [-0.39, 0.29) is 49.4 Å². The first kappa shape index (κ1) is 19.1. The molecule has 0 saturated carbocycles. The number of aliphatic hydroxyl groups excluding tert-OH is 1. The fourth-order valence-electron chi connectivity index (χ4n) is 4.39. The van der Waals surface area contributed by atoms with Crippen molar-refractivity contribution >= 4 is 15.9 Å². The van der Waals surface area contributed by atoms with Gasteiger partial charge in [0.15, 0.2) is 0 Å². The highest BCUT2D eigenvalue weighted by Gasteiger charge is 2.55. The molecular weight excluding hydrogens is 376 g/mol. The highest BCUT2D eigenvalue weighted by molar-refractivity contribution is 7.89. The molecule has 28 heavy (non-hydrogen) atoms. The third-order valence-electron chi connectivity index (χ3n) is 5.88. The Morgan fingerprint density at radius 3 is 2.29 bits per heavy atom. The number of nitrogens with zero attached hydrogens (tertiary/aromatic N) is 2. The first-order chi connectivity index (χ1) is 13.5. The predicted molar refractivity (Wildman–Crippen MR) is 107 cm³/mol. The van der Waals surface area contributed by atoms with E-state index in [0.717, 1.165) is 16.7 Å². The second-order valence-corrected chi connectivity index (χ2v) is 9.58. The third-order valence-corrected chi connectivity index (χ3v) is 7.68. The van der Waals surface area contributed by atoms with Gasteiger partial charge in [0.25, 0.3) is 0 Å². The maximum Gasteiger partial charge on any atom is 0.238 e. The smallest absolute Gasteiger partial charge is 0.238 e. The number of amides is 1. The predicted octanol–water partition coefficient (Wildman–Crippen LogP) is 1.67. The average molecular weight is 401 g/mol. The van der Waals surface area contributed by atoms with Crippen molar-refractivity contribution in [3.05, 3.63) is 60.2 Å². The number of hydrogen-bond acceptors (Lipinski definition) is 4. The molecule has 0 radical (unpaired) electrons. The molecule has 2 aromatic rings. The molecule has 2 heterocycles. The third kappa shape index (κ3) is 3.13. The van der Waals surface area contributed by atoms with E-state index in [1.165, 1.54) is 4.31 Å². The Hall–Kier alpha value is -2.22. The Labute approximate surface area is 165 Å². The molecule has 0 spiro atoms. The van der Waals surface area contributed by atoms with Gasteiger partial charge in [0, 0.05) is 12.5 Å². The van der Waals surface area contributed by atoms with Crippen LogP contribution in [0.4, 0.5) is 0 Å². The van der Waals surface area contributed by atoms with E-state index < -0.39 is 10.0 Å². The summed E-state index contributed by atoms with van der Waals surface area (Å²) in [6.45, 7) is 1.60. The molecule has 2 aromatic carbocycles. The van der Waals surface area contributed by atoms with Crippen molar-refractivity contribution in [2.75, 3.05) is 25.4 Å². The van der Waals surface area contributed by atoms with Gasteiger partial charge in [-0.05, 0) is 23.6 Å². The summed E-state index contributed by atoms with van der Waals surface area (Å²) in [6, 6.07) is 17.6. The van der Waals surface area contributed by atoms with Crippen molar-refractivity contribution in [3.8, 4) is 11.1 Å². The number of fused-ring (bicyclic) bond motifs is 1. The van der Waals surface area contributed by atoms with Crippen LogP contribution in [0.5, 0.6) is 0 Å². The maximum atomic E-state index is 12.5. The quantitative estimate of drug-likeness (QED) is 0.828. The summed E-state index contributed by atoms with van der Waals surface area (Å²) < 4.78 is 25.8. The molecule has 0 aliphatic carbocycles. The Balaban J connectivity index is 1.61. The monoisotopic (exact) mass is 400 g/mol. The van der Waals surface area contributed by atoms with Crippen LogP contribution in [0.15, 0.2) is 54.6 Å². The number of carbonyl (C=O) groups is 1. The number of hydrogen-bond donors (Lipinski definition) is 1. The standard InChI is InChI=1S/C21H24N2O4S/c1-2-28(26,27)22-12-18-21(19(14-24)23(18)20(25)13-22)17-10-8-16(9-11-17)15-6-4-3-5-7-15/h3-11,18-19,21,24H,2,12-14H2,1H3/t18-,19-,21+/m1/s1.